The Morgan fingerprint density at radius 3 is 3.00 bits per heavy atom. The number of carboxylic acids is 1. The summed E-state index contributed by atoms with van der Waals surface area (Å²) in [6, 6.07) is 5.50. The van der Waals surface area contributed by atoms with Gasteiger partial charge < -0.3 is 20.1 Å². The zero-order valence-electron chi connectivity index (χ0n) is 13.0. The van der Waals surface area contributed by atoms with E-state index in [1.165, 1.54) is 17.0 Å². The van der Waals surface area contributed by atoms with E-state index < -0.39 is 11.9 Å². The second-order valence-corrected chi connectivity index (χ2v) is 5.70. The normalized spacial score (nSPS) is 19.0. The molecule has 0 radical (unpaired) electrons. The number of nitrogens with one attached hydrogen (secondary N) is 1. The molecule has 0 aromatic heterocycles. The van der Waals surface area contributed by atoms with E-state index >= 15 is 0 Å². The standard InChI is InChI=1S/C16H21FN2O4/c1-11(23-14-6-2-5-13(17)8-14)9-18-16(22)19-7-3-4-12(10-19)15(20)21/h2,5-6,8,11-12H,3-4,7,9-10H2,1H3,(H,18,22)(H,20,21). The topological polar surface area (TPSA) is 78.9 Å². The number of amides is 2. The summed E-state index contributed by atoms with van der Waals surface area (Å²) in [6.45, 7) is 2.79. The van der Waals surface area contributed by atoms with Gasteiger partial charge in [-0.1, -0.05) is 6.07 Å². The lowest BCUT2D eigenvalue weighted by atomic mass is 9.99. The Morgan fingerprint density at radius 2 is 2.30 bits per heavy atom. The number of rotatable bonds is 5. The molecule has 23 heavy (non-hydrogen) atoms. The first-order valence-corrected chi connectivity index (χ1v) is 7.63. The maximum Gasteiger partial charge on any atom is 0.317 e. The van der Waals surface area contributed by atoms with Crippen LogP contribution >= 0.6 is 0 Å². The van der Waals surface area contributed by atoms with E-state index in [9.17, 15) is 14.0 Å². The molecule has 6 nitrogen and oxygen atoms in total. The van der Waals surface area contributed by atoms with Crippen LogP contribution in [0.5, 0.6) is 5.75 Å². The van der Waals surface area contributed by atoms with Gasteiger partial charge in [-0.2, -0.15) is 0 Å². The van der Waals surface area contributed by atoms with Crippen molar-refractivity contribution in [3.63, 3.8) is 0 Å². The fourth-order valence-corrected chi connectivity index (χ4v) is 2.52. The Morgan fingerprint density at radius 1 is 1.52 bits per heavy atom. The SMILES string of the molecule is CC(CNC(=O)N1CCCC(C(=O)O)C1)Oc1cccc(F)c1. The zero-order chi connectivity index (χ0) is 16.8. The predicted molar refractivity (Wildman–Crippen MR) is 81.8 cm³/mol. The predicted octanol–water partition coefficient (Wildman–Crippen LogP) is 2.10. The van der Waals surface area contributed by atoms with Crippen molar-refractivity contribution >= 4 is 12.0 Å². The number of likely N-dealkylation sites (tertiary alicyclic amines) is 1. The third-order valence-corrected chi connectivity index (χ3v) is 3.73. The van der Waals surface area contributed by atoms with E-state index in [1.807, 2.05) is 0 Å². The molecule has 1 fully saturated rings. The van der Waals surface area contributed by atoms with Crippen LogP contribution < -0.4 is 10.1 Å². The first-order valence-electron chi connectivity index (χ1n) is 7.63. The van der Waals surface area contributed by atoms with E-state index in [0.29, 0.717) is 25.1 Å². The molecule has 2 N–H and O–H groups in total. The highest BCUT2D eigenvalue weighted by Gasteiger charge is 2.28. The van der Waals surface area contributed by atoms with Crippen LogP contribution in [0.4, 0.5) is 9.18 Å². The molecule has 1 saturated heterocycles. The molecule has 2 amide bonds. The Bertz CT molecular complexity index is 567. The third-order valence-electron chi connectivity index (χ3n) is 3.73. The van der Waals surface area contributed by atoms with Crippen LogP contribution in [0.3, 0.4) is 0 Å². The number of ether oxygens (including phenoxy) is 1. The maximum atomic E-state index is 13.1. The molecule has 1 aromatic carbocycles. The van der Waals surface area contributed by atoms with Crippen LogP contribution in [0, 0.1) is 11.7 Å². The van der Waals surface area contributed by atoms with Crippen molar-refractivity contribution in [2.45, 2.75) is 25.9 Å². The summed E-state index contributed by atoms with van der Waals surface area (Å²) in [5.74, 6) is -1.36. The molecule has 2 atom stereocenters. The van der Waals surface area contributed by atoms with Gasteiger partial charge in [-0.25, -0.2) is 9.18 Å². The van der Waals surface area contributed by atoms with Crippen LogP contribution in [-0.4, -0.2) is 47.7 Å². The summed E-state index contributed by atoms with van der Waals surface area (Å²) < 4.78 is 18.6. The van der Waals surface area contributed by atoms with Crippen molar-refractivity contribution in [3.8, 4) is 5.75 Å². The Balaban J connectivity index is 1.78. The van der Waals surface area contributed by atoms with Gasteiger partial charge in [0.05, 0.1) is 12.5 Å². The minimum atomic E-state index is -0.870. The van der Waals surface area contributed by atoms with Gasteiger partial charge >= 0.3 is 12.0 Å². The van der Waals surface area contributed by atoms with Crippen molar-refractivity contribution < 1.29 is 23.8 Å². The van der Waals surface area contributed by atoms with Gasteiger partial charge in [0, 0.05) is 19.2 Å². The molecule has 1 aromatic rings. The summed E-state index contributed by atoms with van der Waals surface area (Å²) in [6.07, 6.45) is 0.943. The van der Waals surface area contributed by atoms with Crippen LogP contribution in [0.1, 0.15) is 19.8 Å². The second-order valence-electron chi connectivity index (χ2n) is 5.70. The molecule has 7 heteroatoms. The first kappa shape index (κ1) is 17.1. The number of benzene rings is 1. The number of nitrogens with zero attached hydrogens (tertiary/aromatic N) is 1. The number of hydrogen-bond donors (Lipinski definition) is 2. The van der Waals surface area contributed by atoms with Gasteiger partial charge in [-0.15, -0.1) is 0 Å². The molecule has 0 bridgehead atoms. The fourth-order valence-electron chi connectivity index (χ4n) is 2.52. The van der Waals surface area contributed by atoms with Crippen molar-refractivity contribution in [2.24, 2.45) is 5.92 Å². The second kappa shape index (κ2) is 7.80. The van der Waals surface area contributed by atoms with E-state index in [4.69, 9.17) is 9.84 Å². The monoisotopic (exact) mass is 324 g/mol. The van der Waals surface area contributed by atoms with Crippen molar-refractivity contribution in [2.75, 3.05) is 19.6 Å². The average Bonchev–Trinajstić information content (AvgIpc) is 2.52. The number of carbonyl (C=O) groups is 2. The van der Waals surface area contributed by atoms with Gasteiger partial charge in [0.15, 0.2) is 0 Å². The molecule has 1 aliphatic rings. The minimum absolute atomic E-state index is 0.223. The Hall–Kier alpha value is -2.31. The largest absolute Gasteiger partial charge is 0.489 e. The van der Waals surface area contributed by atoms with Gasteiger partial charge in [0.1, 0.15) is 17.7 Å². The summed E-state index contributed by atoms with van der Waals surface area (Å²) in [5.41, 5.74) is 0. The number of hydrogen-bond acceptors (Lipinski definition) is 3. The van der Waals surface area contributed by atoms with E-state index in [0.717, 1.165) is 0 Å². The number of piperidine rings is 1. The smallest absolute Gasteiger partial charge is 0.317 e. The summed E-state index contributed by atoms with van der Waals surface area (Å²) in [4.78, 5) is 24.6. The quantitative estimate of drug-likeness (QED) is 0.869. The lowest BCUT2D eigenvalue weighted by Gasteiger charge is -2.31. The fraction of sp³-hybridized carbons (Fsp3) is 0.500. The van der Waals surface area contributed by atoms with E-state index in [1.54, 1.807) is 19.1 Å². The van der Waals surface area contributed by atoms with E-state index in [-0.39, 0.29) is 31.0 Å². The highest BCUT2D eigenvalue weighted by atomic mass is 19.1. The van der Waals surface area contributed by atoms with Crippen molar-refractivity contribution in [1.29, 1.82) is 0 Å². The zero-order valence-corrected chi connectivity index (χ0v) is 13.0. The number of halogens is 1. The third kappa shape index (κ3) is 5.12. The highest BCUT2D eigenvalue weighted by molar-refractivity contribution is 5.76. The molecule has 0 aliphatic carbocycles. The minimum Gasteiger partial charge on any atom is -0.489 e. The van der Waals surface area contributed by atoms with Gasteiger partial charge in [-0.05, 0) is 31.9 Å². The Labute approximate surface area is 134 Å². The lowest BCUT2D eigenvalue weighted by molar-refractivity contribution is -0.143. The summed E-state index contributed by atoms with van der Waals surface area (Å²) >= 11 is 0. The molecule has 0 spiro atoms. The van der Waals surface area contributed by atoms with E-state index in [2.05, 4.69) is 5.32 Å². The van der Waals surface area contributed by atoms with Crippen LogP contribution in [0.15, 0.2) is 24.3 Å². The number of carboxylic acid groups (broad SMARTS) is 1. The number of aliphatic carboxylic acids is 1. The number of urea groups is 1. The average molecular weight is 324 g/mol. The molecule has 2 unspecified atom stereocenters. The molecule has 0 saturated carbocycles. The highest BCUT2D eigenvalue weighted by Crippen LogP contribution is 2.17. The van der Waals surface area contributed by atoms with Crippen molar-refractivity contribution in [3.05, 3.63) is 30.1 Å². The summed E-state index contributed by atoms with van der Waals surface area (Å²) in [5, 5.41) is 11.8. The molecule has 126 valence electrons. The summed E-state index contributed by atoms with van der Waals surface area (Å²) in [7, 11) is 0. The van der Waals surface area contributed by atoms with Gasteiger partial charge in [0.2, 0.25) is 0 Å². The van der Waals surface area contributed by atoms with Gasteiger partial charge in [0.25, 0.3) is 0 Å². The number of carbonyl (C=O) groups excluding carboxylic acids is 1. The Kier molecular flexibility index (Phi) is 5.78. The van der Waals surface area contributed by atoms with Crippen LogP contribution in [0.2, 0.25) is 0 Å². The molecule has 1 aliphatic heterocycles. The lowest BCUT2D eigenvalue weighted by Crippen LogP contribution is -2.48. The van der Waals surface area contributed by atoms with Gasteiger partial charge in [-0.3, -0.25) is 4.79 Å². The molecule has 2 rings (SSSR count). The molecule has 1 heterocycles. The van der Waals surface area contributed by atoms with Crippen LogP contribution in [-0.2, 0) is 4.79 Å². The van der Waals surface area contributed by atoms with Crippen molar-refractivity contribution in [1.82, 2.24) is 10.2 Å². The molecular formula is C16H21FN2O4. The first-order chi connectivity index (χ1) is 11.0. The maximum absolute atomic E-state index is 13.1. The van der Waals surface area contributed by atoms with Crippen LogP contribution in [0.25, 0.3) is 0 Å². The molecular weight excluding hydrogens is 303 g/mol.